The van der Waals surface area contributed by atoms with Crippen molar-refractivity contribution in [1.82, 2.24) is 5.32 Å². The highest BCUT2D eigenvalue weighted by Gasteiger charge is 2.20. The monoisotopic (exact) mass is 382 g/mol. The Morgan fingerprint density at radius 2 is 1.88 bits per heavy atom. The van der Waals surface area contributed by atoms with Gasteiger partial charge in [-0.05, 0) is 43.4 Å². The number of amides is 1. The Bertz CT molecular complexity index is 667. The normalized spacial score (nSPS) is 15.2. The highest BCUT2D eigenvalue weighted by molar-refractivity contribution is 7.92. The van der Waals surface area contributed by atoms with Gasteiger partial charge in [-0.2, -0.15) is 0 Å². The van der Waals surface area contributed by atoms with E-state index in [4.69, 9.17) is 4.74 Å². The number of aryl methyl sites for hydroxylation is 1. The zero-order chi connectivity index (χ0) is 19.0. The minimum absolute atomic E-state index is 0.214. The number of rotatable bonds is 10. The lowest BCUT2D eigenvalue weighted by atomic mass is 10.1. The lowest BCUT2D eigenvalue weighted by Crippen LogP contribution is -2.40. The lowest BCUT2D eigenvalue weighted by molar-refractivity contribution is -0.119. The number of carbonyl (C=O) groups is 1. The SMILES string of the molecule is CCc1ccc(N(CC(=O)NCCCOC2CCCC2)S(C)(=O)=O)cc1. The maximum absolute atomic E-state index is 12.2. The first-order chi connectivity index (χ1) is 12.4. The van der Waals surface area contributed by atoms with Gasteiger partial charge in [0.2, 0.25) is 15.9 Å². The zero-order valence-corrected chi connectivity index (χ0v) is 16.6. The third-order valence-electron chi connectivity index (χ3n) is 4.62. The predicted octanol–water partition coefficient (Wildman–Crippen LogP) is 2.48. The summed E-state index contributed by atoms with van der Waals surface area (Å²) in [7, 11) is -3.53. The fourth-order valence-electron chi connectivity index (χ4n) is 3.09. The molecule has 6 nitrogen and oxygen atoms in total. The summed E-state index contributed by atoms with van der Waals surface area (Å²) < 4.78 is 31.0. The van der Waals surface area contributed by atoms with Gasteiger partial charge in [0, 0.05) is 13.2 Å². The van der Waals surface area contributed by atoms with E-state index >= 15 is 0 Å². The fraction of sp³-hybridized carbons (Fsp3) is 0.632. The van der Waals surface area contributed by atoms with E-state index in [9.17, 15) is 13.2 Å². The molecule has 1 saturated carbocycles. The summed E-state index contributed by atoms with van der Waals surface area (Å²) in [6.45, 7) is 2.93. The van der Waals surface area contributed by atoms with Crippen LogP contribution in [0.1, 0.15) is 44.6 Å². The van der Waals surface area contributed by atoms with Crippen LogP contribution in [0.15, 0.2) is 24.3 Å². The Balaban J connectivity index is 1.80. The summed E-state index contributed by atoms with van der Waals surface area (Å²) in [6.07, 6.45) is 7.83. The van der Waals surface area contributed by atoms with E-state index in [0.717, 1.165) is 41.8 Å². The van der Waals surface area contributed by atoms with Crippen LogP contribution in [0.5, 0.6) is 0 Å². The smallest absolute Gasteiger partial charge is 0.240 e. The molecule has 2 rings (SSSR count). The van der Waals surface area contributed by atoms with E-state index in [2.05, 4.69) is 5.32 Å². The van der Waals surface area contributed by atoms with Crippen LogP contribution in [0, 0.1) is 0 Å². The van der Waals surface area contributed by atoms with Crippen LogP contribution in [0.4, 0.5) is 5.69 Å². The summed E-state index contributed by atoms with van der Waals surface area (Å²) >= 11 is 0. The number of ether oxygens (including phenoxy) is 1. The number of hydrogen-bond donors (Lipinski definition) is 1. The Hall–Kier alpha value is -1.60. The molecule has 0 atom stereocenters. The quantitative estimate of drug-likeness (QED) is 0.631. The number of hydrogen-bond acceptors (Lipinski definition) is 4. The number of nitrogens with zero attached hydrogens (tertiary/aromatic N) is 1. The van der Waals surface area contributed by atoms with Crippen molar-refractivity contribution in [1.29, 1.82) is 0 Å². The van der Waals surface area contributed by atoms with Gasteiger partial charge in [0.25, 0.3) is 0 Å². The van der Waals surface area contributed by atoms with E-state index in [0.29, 0.717) is 24.9 Å². The molecule has 0 bridgehead atoms. The number of carbonyl (C=O) groups excluding carboxylic acids is 1. The van der Waals surface area contributed by atoms with Gasteiger partial charge < -0.3 is 10.1 Å². The zero-order valence-electron chi connectivity index (χ0n) is 15.7. The highest BCUT2D eigenvalue weighted by Crippen LogP contribution is 2.21. The van der Waals surface area contributed by atoms with Gasteiger partial charge in [-0.25, -0.2) is 8.42 Å². The van der Waals surface area contributed by atoms with E-state index in [1.165, 1.54) is 12.8 Å². The molecule has 1 fully saturated rings. The van der Waals surface area contributed by atoms with Crippen LogP contribution >= 0.6 is 0 Å². The fourth-order valence-corrected chi connectivity index (χ4v) is 3.95. The summed E-state index contributed by atoms with van der Waals surface area (Å²) in [6, 6.07) is 7.24. The largest absolute Gasteiger partial charge is 0.378 e. The lowest BCUT2D eigenvalue weighted by Gasteiger charge is -2.22. The van der Waals surface area contributed by atoms with Gasteiger partial charge in [-0.3, -0.25) is 9.10 Å². The van der Waals surface area contributed by atoms with Crippen molar-refractivity contribution in [2.45, 2.75) is 51.6 Å². The first-order valence-electron chi connectivity index (χ1n) is 9.35. The average molecular weight is 383 g/mol. The average Bonchev–Trinajstić information content (AvgIpc) is 3.12. The van der Waals surface area contributed by atoms with Crippen LogP contribution < -0.4 is 9.62 Å². The number of nitrogens with one attached hydrogen (secondary N) is 1. The van der Waals surface area contributed by atoms with E-state index in [-0.39, 0.29) is 12.5 Å². The topological polar surface area (TPSA) is 75.7 Å². The Morgan fingerprint density at radius 3 is 2.46 bits per heavy atom. The van der Waals surface area contributed by atoms with Gasteiger partial charge in [-0.15, -0.1) is 0 Å². The van der Waals surface area contributed by atoms with Crippen molar-refractivity contribution < 1.29 is 17.9 Å². The Morgan fingerprint density at radius 1 is 1.23 bits per heavy atom. The summed E-state index contributed by atoms with van der Waals surface area (Å²) in [4.78, 5) is 12.2. The maximum Gasteiger partial charge on any atom is 0.240 e. The molecule has 1 N–H and O–H groups in total. The van der Waals surface area contributed by atoms with Gasteiger partial charge in [0.15, 0.2) is 0 Å². The number of sulfonamides is 1. The number of benzene rings is 1. The Kier molecular flexibility index (Phi) is 7.90. The molecular weight excluding hydrogens is 352 g/mol. The minimum atomic E-state index is -3.53. The second-order valence-corrected chi connectivity index (χ2v) is 8.68. The molecule has 146 valence electrons. The van der Waals surface area contributed by atoms with Crippen molar-refractivity contribution >= 4 is 21.6 Å². The molecule has 0 saturated heterocycles. The molecule has 1 aromatic carbocycles. The van der Waals surface area contributed by atoms with Crippen LogP contribution in [0.25, 0.3) is 0 Å². The van der Waals surface area contributed by atoms with Crippen LogP contribution in [0.3, 0.4) is 0 Å². The second-order valence-electron chi connectivity index (χ2n) is 6.77. The van der Waals surface area contributed by atoms with Crippen LogP contribution in [0.2, 0.25) is 0 Å². The molecule has 26 heavy (non-hydrogen) atoms. The van der Waals surface area contributed by atoms with E-state index in [1.54, 1.807) is 12.1 Å². The molecule has 0 aromatic heterocycles. The molecule has 0 heterocycles. The van der Waals surface area contributed by atoms with Gasteiger partial charge in [0.1, 0.15) is 6.54 Å². The third-order valence-corrected chi connectivity index (χ3v) is 5.76. The highest BCUT2D eigenvalue weighted by atomic mass is 32.2. The van der Waals surface area contributed by atoms with Gasteiger partial charge in [0.05, 0.1) is 18.0 Å². The van der Waals surface area contributed by atoms with Crippen molar-refractivity contribution in [2.75, 3.05) is 30.3 Å². The first kappa shape index (κ1) is 20.7. The molecule has 1 aliphatic carbocycles. The molecule has 1 amide bonds. The van der Waals surface area contributed by atoms with Gasteiger partial charge in [-0.1, -0.05) is 31.9 Å². The maximum atomic E-state index is 12.2. The minimum Gasteiger partial charge on any atom is -0.378 e. The van der Waals surface area contributed by atoms with Crippen molar-refractivity contribution in [3.8, 4) is 0 Å². The molecule has 1 aromatic rings. The molecule has 0 radical (unpaired) electrons. The first-order valence-corrected chi connectivity index (χ1v) is 11.2. The molecule has 0 unspecified atom stereocenters. The number of anilines is 1. The molecule has 1 aliphatic rings. The molecule has 7 heteroatoms. The van der Waals surface area contributed by atoms with Crippen LogP contribution in [-0.4, -0.2) is 46.4 Å². The standard InChI is InChI=1S/C19H30N2O4S/c1-3-16-9-11-17(12-10-16)21(26(2,23)24)15-19(22)20-13-6-14-25-18-7-4-5-8-18/h9-12,18H,3-8,13-15H2,1-2H3,(H,20,22). The Labute approximate surface area is 157 Å². The predicted molar refractivity (Wildman–Crippen MR) is 104 cm³/mol. The molecular formula is C19H30N2O4S. The van der Waals surface area contributed by atoms with Crippen molar-refractivity contribution in [3.05, 3.63) is 29.8 Å². The van der Waals surface area contributed by atoms with Gasteiger partial charge >= 0.3 is 0 Å². The summed E-state index contributed by atoms with van der Waals surface area (Å²) in [5, 5.41) is 2.78. The van der Waals surface area contributed by atoms with E-state index < -0.39 is 10.0 Å². The van der Waals surface area contributed by atoms with Crippen molar-refractivity contribution in [2.24, 2.45) is 0 Å². The summed E-state index contributed by atoms with van der Waals surface area (Å²) in [5.74, 6) is -0.309. The van der Waals surface area contributed by atoms with Crippen molar-refractivity contribution in [3.63, 3.8) is 0 Å². The van der Waals surface area contributed by atoms with E-state index in [1.807, 2.05) is 19.1 Å². The van der Waals surface area contributed by atoms with Crippen LogP contribution in [-0.2, 0) is 26.0 Å². The third kappa shape index (κ3) is 6.61. The second kappa shape index (κ2) is 9.92. The molecule has 0 aliphatic heterocycles. The molecule has 0 spiro atoms. The summed E-state index contributed by atoms with van der Waals surface area (Å²) in [5.41, 5.74) is 1.62.